The molecule has 10 heteroatoms. The average molecular weight is 601 g/mol. The van der Waals surface area contributed by atoms with Crippen LogP contribution in [0.5, 0.6) is 0 Å². The van der Waals surface area contributed by atoms with E-state index in [-0.39, 0.29) is 41.4 Å². The van der Waals surface area contributed by atoms with Crippen molar-refractivity contribution in [1.82, 2.24) is 0 Å². The van der Waals surface area contributed by atoms with Crippen LogP contribution in [-0.4, -0.2) is 48.0 Å². The van der Waals surface area contributed by atoms with E-state index in [1.165, 1.54) is 0 Å². The van der Waals surface area contributed by atoms with Crippen molar-refractivity contribution in [2.45, 2.75) is 116 Å². The zero-order valence-corrected chi connectivity index (χ0v) is 25.3. The number of cyclic esters (lactones) is 4. The van der Waals surface area contributed by atoms with E-state index in [4.69, 9.17) is 18.9 Å². The molecule has 0 spiro atoms. The minimum atomic E-state index is -0.506. The number of carbonyl (C=O) groups is 6. The van der Waals surface area contributed by atoms with Gasteiger partial charge in [-0.25, -0.2) is 0 Å². The number of carbonyl (C=O) groups excluding carboxylic acids is 6. The molecule has 6 atom stereocenters. The molecule has 0 aromatic rings. The number of hydrogen-bond acceptors (Lipinski definition) is 10. The van der Waals surface area contributed by atoms with Crippen molar-refractivity contribution in [3.05, 3.63) is 0 Å². The summed E-state index contributed by atoms with van der Waals surface area (Å²) in [6, 6.07) is 0. The van der Waals surface area contributed by atoms with E-state index in [1.807, 2.05) is 0 Å². The van der Waals surface area contributed by atoms with E-state index < -0.39 is 47.5 Å². The summed E-state index contributed by atoms with van der Waals surface area (Å²) >= 11 is 0. The summed E-state index contributed by atoms with van der Waals surface area (Å²) in [7, 11) is 0. The quantitative estimate of drug-likeness (QED) is 0.244. The maximum Gasteiger partial charge on any atom is 0.317 e. The molecule has 0 aromatic heterocycles. The molecule has 10 nitrogen and oxygen atoms in total. The SMILES string of the molecule is CC(C)(C1CCC(OC(=O)C2CCC3C(=O)OC(=O)C3C2)CC1)C1CCC(OC(=O)C2CCC3C(=O)OC(=O)C3C2)CC1. The molecule has 236 valence electrons. The van der Waals surface area contributed by atoms with Gasteiger partial charge in [-0.3, -0.25) is 28.8 Å². The molecule has 2 heterocycles. The second kappa shape index (κ2) is 12.0. The molecule has 0 N–H and O–H groups in total. The van der Waals surface area contributed by atoms with Crippen LogP contribution in [0, 0.1) is 52.8 Å². The highest BCUT2D eigenvalue weighted by Gasteiger charge is 2.51. The second-order valence-corrected chi connectivity index (χ2v) is 14.6. The van der Waals surface area contributed by atoms with Gasteiger partial charge in [-0.1, -0.05) is 13.8 Å². The van der Waals surface area contributed by atoms with Crippen LogP contribution >= 0.6 is 0 Å². The van der Waals surface area contributed by atoms with E-state index in [9.17, 15) is 28.8 Å². The van der Waals surface area contributed by atoms with Crippen molar-refractivity contribution in [3.8, 4) is 0 Å². The van der Waals surface area contributed by atoms with Crippen molar-refractivity contribution in [2.24, 2.45) is 52.8 Å². The van der Waals surface area contributed by atoms with Crippen molar-refractivity contribution < 1.29 is 47.7 Å². The van der Waals surface area contributed by atoms with Gasteiger partial charge in [-0.05, 0) is 107 Å². The van der Waals surface area contributed by atoms with Gasteiger partial charge in [0.1, 0.15) is 12.2 Å². The Morgan fingerprint density at radius 1 is 0.535 bits per heavy atom. The van der Waals surface area contributed by atoms with E-state index in [0.29, 0.717) is 50.4 Å². The highest BCUT2D eigenvalue weighted by atomic mass is 16.6. The van der Waals surface area contributed by atoms with Crippen molar-refractivity contribution in [3.63, 3.8) is 0 Å². The molecule has 43 heavy (non-hydrogen) atoms. The summed E-state index contributed by atoms with van der Waals surface area (Å²) in [5, 5.41) is 0. The Labute approximate surface area is 252 Å². The van der Waals surface area contributed by atoms with Gasteiger partial charge in [0.05, 0.1) is 35.5 Å². The van der Waals surface area contributed by atoms with E-state index in [2.05, 4.69) is 13.8 Å². The molecule has 6 aliphatic rings. The maximum absolute atomic E-state index is 12.9. The van der Waals surface area contributed by atoms with Gasteiger partial charge in [0.25, 0.3) is 0 Å². The minimum Gasteiger partial charge on any atom is -0.462 e. The van der Waals surface area contributed by atoms with Gasteiger partial charge >= 0.3 is 35.8 Å². The fraction of sp³-hybridized carbons (Fsp3) is 0.818. The second-order valence-electron chi connectivity index (χ2n) is 14.6. The van der Waals surface area contributed by atoms with Crippen molar-refractivity contribution in [1.29, 1.82) is 0 Å². The monoisotopic (exact) mass is 600 g/mol. The highest BCUT2D eigenvalue weighted by Crippen LogP contribution is 2.49. The summed E-state index contributed by atoms with van der Waals surface area (Å²) in [6.45, 7) is 4.70. The molecule has 6 rings (SSSR count). The number of esters is 6. The number of ether oxygens (including phenoxy) is 4. The largest absolute Gasteiger partial charge is 0.462 e. The molecular weight excluding hydrogens is 556 g/mol. The molecule has 6 unspecified atom stereocenters. The maximum atomic E-state index is 12.9. The zero-order valence-electron chi connectivity index (χ0n) is 25.3. The fourth-order valence-corrected chi connectivity index (χ4v) is 9.06. The lowest BCUT2D eigenvalue weighted by Crippen LogP contribution is -2.40. The number of fused-ring (bicyclic) bond motifs is 2. The Bertz CT molecular complexity index is 1070. The van der Waals surface area contributed by atoms with Gasteiger partial charge < -0.3 is 18.9 Å². The molecule has 2 saturated heterocycles. The van der Waals surface area contributed by atoms with Crippen LogP contribution in [0.1, 0.15) is 104 Å². The third-order valence-corrected chi connectivity index (χ3v) is 12.0. The first-order valence-electron chi connectivity index (χ1n) is 16.4. The predicted molar refractivity (Wildman–Crippen MR) is 148 cm³/mol. The van der Waals surface area contributed by atoms with Crippen molar-refractivity contribution >= 4 is 35.8 Å². The van der Waals surface area contributed by atoms with E-state index in [1.54, 1.807) is 0 Å². The summed E-state index contributed by atoms with van der Waals surface area (Å²) in [4.78, 5) is 73.4. The summed E-state index contributed by atoms with van der Waals surface area (Å²) in [5.41, 5.74) is 0.117. The lowest BCUT2D eigenvalue weighted by atomic mass is 9.60. The normalized spacial score (nSPS) is 39.8. The first-order valence-corrected chi connectivity index (χ1v) is 16.4. The molecule has 4 saturated carbocycles. The molecule has 6 fully saturated rings. The first-order chi connectivity index (χ1) is 20.5. The standard InChI is InChI=1S/C33H44O10/c1-33(2,19-5-9-21(10-6-19)40-27(34)17-3-13-23-25(15-17)31(38)42-29(23)36)20-7-11-22(12-8-20)41-28(35)18-4-14-24-26(16-18)32(39)43-30(24)37/h17-26H,3-16H2,1-2H3. The minimum absolute atomic E-state index is 0.108. The molecule has 4 aliphatic carbocycles. The van der Waals surface area contributed by atoms with Gasteiger partial charge in [-0.15, -0.1) is 0 Å². The van der Waals surface area contributed by atoms with Gasteiger partial charge in [-0.2, -0.15) is 0 Å². The Morgan fingerprint density at radius 2 is 0.884 bits per heavy atom. The van der Waals surface area contributed by atoms with Crippen LogP contribution in [0.4, 0.5) is 0 Å². The molecule has 2 aliphatic heterocycles. The van der Waals surface area contributed by atoms with Gasteiger partial charge in [0.15, 0.2) is 0 Å². The lowest BCUT2D eigenvalue weighted by molar-refractivity contribution is -0.159. The molecule has 0 bridgehead atoms. The fourth-order valence-electron chi connectivity index (χ4n) is 9.06. The van der Waals surface area contributed by atoms with Crippen LogP contribution in [0.3, 0.4) is 0 Å². The molecular formula is C33H44O10. The third kappa shape index (κ3) is 5.99. The zero-order chi connectivity index (χ0) is 30.5. The summed E-state index contributed by atoms with van der Waals surface area (Å²) in [5.74, 6) is -3.86. The third-order valence-electron chi connectivity index (χ3n) is 12.0. The van der Waals surface area contributed by atoms with Gasteiger partial charge in [0.2, 0.25) is 0 Å². The Balaban J connectivity index is 0.922. The first kappa shape index (κ1) is 30.3. The van der Waals surface area contributed by atoms with Crippen LogP contribution in [0.15, 0.2) is 0 Å². The van der Waals surface area contributed by atoms with Crippen LogP contribution < -0.4 is 0 Å². The lowest BCUT2D eigenvalue weighted by Gasteiger charge is -2.46. The summed E-state index contributed by atoms with van der Waals surface area (Å²) < 4.78 is 21.4. The average Bonchev–Trinajstić information content (AvgIpc) is 3.45. The van der Waals surface area contributed by atoms with Crippen LogP contribution in [0.2, 0.25) is 0 Å². The Morgan fingerprint density at radius 3 is 1.26 bits per heavy atom. The molecule has 0 aromatic carbocycles. The smallest absolute Gasteiger partial charge is 0.317 e. The topological polar surface area (TPSA) is 139 Å². The number of hydrogen-bond donors (Lipinski definition) is 0. The van der Waals surface area contributed by atoms with E-state index in [0.717, 1.165) is 51.4 Å². The van der Waals surface area contributed by atoms with Gasteiger partial charge in [0, 0.05) is 0 Å². The van der Waals surface area contributed by atoms with Crippen molar-refractivity contribution in [2.75, 3.05) is 0 Å². The Hall–Kier alpha value is -2.78. The summed E-state index contributed by atoms with van der Waals surface area (Å²) in [6.07, 6.45) is 9.84. The molecule has 0 radical (unpaired) electrons. The van der Waals surface area contributed by atoms with Crippen LogP contribution in [-0.2, 0) is 47.7 Å². The predicted octanol–water partition coefficient (Wildman–Crippen LogP) is 4.45. The Kier molecular flexibility index (Phi) is 8.41. The highest BCUT2D eigenvalue weighted by molar-refractivity contribution is 5.97. The van der Waals surface area contributed by atoms with E-state index >= 15 is 0 Å². The number of rotatable bonds is 6. The molecule has 0 amide bonds. The van der Waals surface area contributed by atoms with Crippen LogP contribution in [0.25, 0.3) is 0 Å².